The Morgan fingerprint density at radius 2 is 1.75 bits per heavy atom. The van der Waals surface area contributed by atoms with E-state index in [2.05, 4.69) is 0 Å². The van der Waals surface area contributed by atoms with Crippen LogP contribution in [0.25, 0.3) is 0 Å². The maximum Gasteiger partial charge on any atom is 0.159 e. The van der Waals surface area contributed by atoms with Crippen molar-refractivity contribution in [3.05, 3.63) is 34.9 Å². The summed E-state index contributed by atoms with van der Waals surface area (Å²) < 4.78 is 26.2. The van der Waals surface area contributed by atoms with Crippen molar-refractivity contribution in [2.24, 2.45) is 5.73 Å². The maximum atomic E-state index is 13.2. The summed E-state index contributed by atoms with van der Waals surface area (Å²) in [6, 6.07) is 2.17. The van der Waals surface area contributed by atoms with Gasteiger partial charge in [0.15, 0.2) is 11.6 Å². The van der Waals surface area contributed by atoms with Crippen molar-refractivity contribution in [1.29, 1.82) is 0 Å². The summed E-state index contributed by atoms with van der Waals surface area (Å²) in [5, 5.41) is 9.16. The number of hydrogen-bond acceptors (Lipinski definition) is 2. The zero-order chi connectivity index (χ0) is 11.8. The van der Waals surface area contributed by atoms with Gasteiger partial charge in [0, 0.05) is 5.54 Å². The van der Waals surface area contributed by atoms with E-state index in [4.69, 9.17) is 10.8 Å². The first-order valence-electron chi connectivity index (χ1n) is 5.45. The van der Waals surface area contributed by atoms with Gasteiger partial charge in [0.25, 0.3) is 0 Å². The molecule has 1 aromatic rings. The monoisotopic (exact) mass is 227 g/mol. The molecule has 2 nitrogen and oxygen atoms in total. The fourth-order valence-corrected chi connectivity index (χ4v) is 2.46. The van der Waals surface area contributed by atoms with Crippen LogP contribution in [0.5, 0.6) is 0 Å². The normalized spacial score (nSPS) is 19.0. The fourth-order valence-electron chi connectivity index (χ4n) is 2.46. The van der Waals surface area contributed by atoms with E-state index in [9.17, 15) is 8.78 Å². The molecule has 0 aromatic heterocycles. The Balaban J connectivity index is 2.50. The molecule has 0 amide bonds. The molecule has 3 N–H and O–H groups in total. The van der Waals surface area contributed by atoms with Gasteiger partial charge in [-0.15, -0.1) is 0 Å². The summed E-state index contributed by atoms with van der Waals surface area (Å²) >= 11 is 0. The first-order valence-corrected chi connectivity index (χ1v) is 5.45. The molecule has 1 saturated carbocycles. The lowest BCUT2D eigenvalue weighted by molar-refractivity contribution is 0.275. The Hall–Kier alpha value is -1.00. The maximum absolute atomic E-state index is 13.2. The van der Waals surface area contributed by atoms with Gasteiger partial charge in [0.1, 0.15) is 0 Å². The number of aliphatic hydroxyl groups excluding tert-OH is 1. The minimum Gasteiger partial charge on any atom is -0.392 e. The molecule has 0 aliphatic heterocycles. The van der Waals surface area contributed by atoms with E-state index in [1.165, 1.54) is 0 Å². The molecule has 1 aromatic carbocycles. The molecular weight excluding hydrogens is 212 g/mol. The second-order valence-electron chi connectivity index (χ2n) is 4.44. The molecule has 1 aliphatic rings. The average molecular weight is 227 g/mol. The van der Waals surface area contributed by atoms with Crippen molar-refractivity contribution in [2.45, 2.75) is 37.8 Å². The largest absolute Gasteiger partial charge is 0.392 e. The highest BCUT2D eigenvalue weighted by Gasteiger charge is 2.33. The number of aliphatic hydroxyl groups is 1. The molecule has 0 spiro atoms. The molecule has 0 saturated heterocycles. The number of rotatable bonds is 2. The molecule has 88 valence electrons. The van der Waals surface area contributed by atoms with E-state index in [-0.39, 0.29) is 6.61 Å². The predicted octanol–water partition coefficient (Wildman–Crippen LogP) is 2.19. The van der Waals surface area contributed by atoms with Crippen molar-refractivity contribution in [3.63, 3.8) is 0 Å². The lowest BCUT2D eigenvalue weighted by Gasteiger charge is -2.26. The highest BCUT2D eigenvalue weighted by atomic mass is 19.2. The van der Waals surface area contributed by atoms with Crippen LogP contribution in [0, 0.1) is 11.6 Å². The average Bonchev–Trinajstić information content (AvgIpc) is 2.69. The van der Waals surface area contributed by atoms with Gasteiger partial charge in [-0.1, -0.05) is 12.8 Å². The Kier molecular flexibility index (Phi) is 2.95. The first-order chi connectivity index (χ1) is 7.57. The van der Waals surface area contributed by atoms with Gasteiger partial charge in [-0.05, 0) is 36.1 Å². The second-order valence-corrected chi connectivity index (χ2v) is 4.44. The van der Waals surface area contributed by atoms with Crippen LogP contribution in [0.15, 0.2) is 12.1 Å². The Morgan fingerprint density at radius 1 is 1.19 bits per heavy atom. The Bertz CT molecular complexity index is 400. The third-order valence-corrected chi connectivity index (χ3v) is 3.35. The number of hydrogen-bond donors (Lipinski definition) is 2. The molecule has 0 atom stereocenters. The molecular formula is C12H15F2NO. The van der Waals surface area contributed by atoms with E-state index in [0.717, 1.165) is 37.8 Å². The van der Waals surface area contributed by atoms with E-state index in [0.29, 0.717) is 11.1 Å². The smallest absolute Gasteiger partial charge is 0.159 e. The van der Waals surface area contributed by atoms with Crippen molar-refractivity contribution in [1.82, 2.24) is 0 Å². The Morgan fingerprint density at radius 3 is 2.31 bits per heavy atom. The van der Waals surface area contributed by atoms with Crippen LogP contribution in [0.4, 0.5) is 8.78 Å². The second kappa shape index (κ2) is 4.11. The lowest BCUT2D eigenvalue weighted by atomic mass is 9.86. The third kappa shape index (κ3) is 1.83. The molecule has 0 unspecified atom stereocenters. The van der Waals surface area contributed by atoms with Gasteiger partial charge in [-0.2, -0.15) is 0 Å². The number of benzene rings is 1. The summed E-state index contributed by atoms with van der Waals surface area (Å²) in [5.41, 5.74) is 6.51. The topological polar surface area (TPSA) is 46.2 Å². The zero-order valence-corrected chi connectivity index (χ0v) is 8.97. The van der Waals surface area contributed by atoms with Crippen molar-refractivity contribution in [3.8, 4) is 0 Å². The van der Waals surface area contributed by atoms with E-state index < -0.39 is 17.2 Å². The summed E-state index contributed by atoms with van der Waals surface area (Å²) in [5.74, 6) is -1.83. The summed E-state index contributed by atoms with van der Waals surface area (Å²) in [6.07, 6.45) is 3.48. The minimum atomic E-state index is -0.936. The van der Waals surface area contributed by atoms with Crippen LogP contribution in [-0.4, -0.2) is 5.11 Å². The van der Waals surface area contributed by atoms with Crippen LogP contribution >= 0.6 is 0 Å². The molecule has 4 heteroatoms. The summed E-state index contributed by atoms with van der Waals surface area (Å²) in [6.45, 7) is -0.314. The standard InChI is InChI=1S/C12H15F2NO/c13-10-5-8(7-16)9(6-11(10)14)12(15)3-1-2-4-12/h5-6,16H,1-4,7,15H2. The van der Waals surface area contributed by atoms with Gasteiger partial charge in [-0.25, -0.2) is 8.78 Å². The van der Waals surface area contributed by atoms with Gasteiger partial charge < -0.3 is 10.8 Å². The van der Waals surface area contributed by atoms with E-state index in [1.54, 1.807) is 0 Å². The molecule has 0 radical (unpaired) electrons. The molecule has 2 rings (SSSR count). The lowest BCUT2D eigenvalue weighted by Crippen LogP contribution is -2.34. The van der Waals surface area contributed by atoms with Crippen LogP contribution in [0.2, 0.25) is 0 Å². The first kappa shape index (κ1) is 11.5. The van der Waals surface area contributed by atoms with Gasteiger partial charge in [0.05, 0.1) is 6.61 Å². The zero-order valence-electron chi connectivity index (χ0n) is 8.97. The van der Waals surface area contributed by atoms with Crippen LogP contribution in [-0.2, 0) is 12.1 Å². The van der Waals surface area contributed by atoms with Crippen LogP contribution in [0.3, 0.4) is 0 Å². The van der Waals surface area contributed by atoms with Crippen molar-refractivity contribution >= 4 is 0 Å². The summed E-state index contributed by atoms with van der Waals surface area (Å²) in [7, 11) is 0. The predicted molar refractivity (Wildman–Crippen MR) is 56.6 cm³/mol. The minimum absolute atomic E-state index is 0.314. The van der Waals surface area contributed by atoms with Gasteiger partial charge in [0.2, 0.25) is 0 Å². The molecule has 1 fully saturated rings. The van der Waals surface area contributed by atoms with Crippen molar-refractivity contribution in [2.75, 3.05) is 0 Å². The number of nitrogens with two attached hydrogens (primary N) is 1. The van der Waals surface area contributed by atoms with Gasteiger partial charge in [-0.3, -0.25) is 0 Å². The van der Waals surface area contributed by atoms with E-state index in [1.807, 2.05) is 0 Å². The highest BCUT2D eigenvalue weighted by Crippen LogP contribution is 2.38. The van der Waals surface area contributed by atoms with Gasteiger partial charge >= 0.3 is 0 Å². The summed E-state index contributed by atoms with van der Waals surface area (Å²) in [4.78, 5) is 0. The highest BCUT2D eigenvalue weighted by molar-refractivity contribution is 5.35. The Labute approximate surface area is 93.1 Å². The van der Waals surface area contributed by atoms with Crippen LogP contribution in [0.1, 0.15) is 36.8 Å². The molecule has 16 heavy (non-hydrogen) atoms. The molecule has 0 heterocycles. The van der Waals surface area contributed by atoms with Crippen LogP contribution < -0.4 is 5.73 Å². The quantitative estimate of drug-likeness (QED) is 0.813. The molecule has 1 aliphatic carbocycles. The number of halogens is 2. The molecule has 0 bridgehead atoms. The van der Waals surface area contributed by atoms with Crippen molar-refractivity contribution < 1.29 is 13.9 Å². The van der Waals surface area contributed by atoms with E-state index >= 15 is 0 Å². The fraction of sp³-hybridized carbons (Fsp3) is 0.500. The third-order valence-electron chi connectivity index (χ3n) is 3.35. The SMILES string of the molecule is NC1(c2cc(F)c(F)cc2CO)CCCC1.